The number of nitrogens with one attached hydrogen (secondary N) is 1. The molecule has 0 bridgehead atoms. The van der Waals surface area contributed by atoms with Gasteiger partial charge < -0.3 is 10.1 Å². The van der Waals surface area contributed by atoms with Gasteiger partial charge in [-0.15, -0.1) is 0 Å². The van der Waals surface area contributed by atoms with Gasteiger partial charge in [0.2, 0.25) is 0 Å². The van der Waals surface area contributed by atoms with Gasteiger partial charge in [0.25, 0.3) is 0 Å². The number of fused-ring (bicyclic) bond motifs is 1. The third-order valence-electron chi connectivity index (χ3n) is 3.04. The molecule has 1 aliphatic rings. The summed E-state index contributed by atoms with van der Waals surface area (Å²) in [7, 11) is -0.978. The number of anilines is 1. The maximum atomic E-state index is 5.72. The molecule has 5 heteroatoms. The molecule has 0 fully saturated rings. The molecular weight excluding hydrogens is 230 g/mol. The summed E-state index contributed by atoms with van der Waals surface area (Å²) in [5, 5.41) is 7.77. The molecule has 0 radical (unpaired) electrons. The van der Waals surface area contributed by atoms with Crippen LogP contribution in [0.1, 0.15) is 12.0 Å². The van der Waals surface area contributed by atoms with Crippen LogP contribution in [-0.4, -0.2) is 31.0 Å². The van der Waals surface area contributed by atoms with E-state index in [9.17, 15) is 0 Å². The lowest BCUT2D eigenvalue weighted by Gasteiger charge is -2.18. The molecule has 4 nitrogen and oxygen atoms in total. The van der Waals surface area contributed by atoms with E-state index in [2.05, 4.69) is 30.1 Å². The quantitative estimate of drug-likeness (QED) is 0.647. The van der Waals surface area contributed by atoms with Crippen molar-refractivity contribution in [2.75, 3.05) is 18.5 Å². The smallest absolute Gasteiger partial charge is 0.141 e. The molecule has 2 rings (SSSR count). The predicted octanol–water partition coefficient (Wildman–Crippen LogP) is 2.55. The Morgan fingerprint density at radius 1 is 1.47 bits per heavy atom. The van der Waals surface area contributed by atoms with E-state index < -0.39 is 8.07 Å². The number of nitrogens with zero attached hydrogens (tertiary/aromatic N) is 2. The Morgan fingerprint density at radius 2 is 2.29 bits per heavy atom. The molecule has 17 heavy (non-hydrogen) atoms. The van der Waals surface area contributed by atoms with Gasteiger partial charge in [-0.2, -0.15) is 5.10 Å². The van der Waals surface area contributed by atoms with E-state index in [1.54, 1.807) is 0 Å². The second kappa shape index (κ2) is 5.22. The number of rotatable bonds is 5. The summed E-state index contributed by atoms with van der Waals surface area (Å²) in [4.78, 5) is 0. The Hall–Kier alpha value is -0.813. The number of aryl methyl sites for hydroxylation is 1. The number of hydrogen-bond acceptors (Lipinski definition) is 3. The maximum absolute atomic E-state index is 5.72. The largest absolute Gasteiger partial charge is 0.370 e. The zero-order chi connectivity index (χ0) is 12.3. The standard InChI is InChI=1S/C12H23N3OSi/c1-17(2,3)8-7-16-10-15-12-11(9-14-15)5-4-6-13-12/h9,13H,4-8,10H2,1-3H3. The first-order valence-corrected chi connectivity index (χ1v) is 10.1. The van der Waals surface area contributed by atoms with E-state index in [0.717, 1.165) is 25.4 Å². The third kappa shape index (κ3) is 3.57. The molecule has 1 N–H and O–H groups in total. The third-order valence-corrected chi connectivity index (χ3v) is 4.74. The van der Waals surface area contributed by atoms with Crippen LogP contribution in [0.4, 0.5) is 5.82 Å². The molecular formula is C12H23N3OSi. The van der Waals surface area contributed by atoms with Crippen LogP contribution in [0.5, 0.6) is 0 Å². The van der Waals surface area contributed by atoms with Crippen LogP contribution in [0.25, 0.3) is 0 Å². The van der Waals surface area contributed by atoms with Crippen molar-refractivity contribution in [2.45, 2.75) is 45.3 Å². The highest BCUT2D eigenvalue weighted by molar-refractivity contribution is 6.76. The van der Waals surface area contributed by atoms with E-state index >= 15 is 0 Å². The number of hydrogen-bond donors (Lipinski definition) is 1. The van der Waals surface area contributed by atoms with Crippen molar-refractivity contribution >= 4 is 13.9 Å². The monoisotopic (exact) mass is 253 g/mol. The lowest BCUT2D eigenvalue weighted by molar-refractivity contribution is 0.0799. The molecule has 0 aromatic carbocycles. The fourth-order valence-corrected chi connectivity index (χ4v) is 2.68. The lowest BCUT2D eigenvalue weighted by atomic mass is 10.1. The van der Waals surface area contributed by atoms with Crippen molar-refractivity contribution in [2.24, 2.45) is 0 Å². The van der Waals surface area contributed by atoms with Crippen LogP contribution in [0.15, 0.2) is 6.20 Å². The predicted molar refractivity (Wildman–Crippen MR) is 73.1 cm³/mol. The molecule has 0 spiro atoms. The van der Waals surface area contributed by atoms with Crippen molar-refractivity contribution in [3.63, 3.8) is 0 Å². The van der Waals surface area contributed by atoms with Crippen LogP contribution >= 0.6 is 0 Å². The Labute approximate surface area is 104 Å². The highest BCUT2D eigenvalue weighted by atomic mass is 28.3. The van der Waals surface area contributed by atoms with E-state index in [4.69, 9.17) is 4.74 Å². The number of aromatic nitrogens is 2. The van der Waals surface area contributed by atoms with Gasteiger partial charge in [0.15, 0.2) is 0 Å². The SMILES string of the molecule is C[Si](C)(C)CCOCn1ncc2c1NCCC2. The second-order valence-electron chi connectivity index (χ2n) is 5.90. The molecule has 0 saturated heterocycles. The zero-order valence-corrected chi connectivity index (χ0v) is 12.1. The fraction of sp³-hybridized carbons (Fsp3) is 0.750. The van der Waals surface area contributed by atoms with Crippen molar-refractivity contribution in [3.8, 4) is 0 Å². The molecule has 0 atom stereocenters. The first-order chi connectivity index (χ1) is 8.06. The summed E-state index contributed by atoms with van der Waals surface area (Å²) in [5.74, 6) is 1.16. The second-order valence-corrected chi connectivity index (χ2v) is 11.5. The fourth-order valence-electron chi connectivity index (χ4n) is 1.92. The minimum Gasteiger partial charge on any atom is -0.370 e. The average Bonchev–Trinajstić information content (AvgIpc) is 2.67. The van der Waals surface area contributed by atoms with Gasteiger partial charge in [0.1, 0.15) is 12.5 Å². The van der Waals surface area contributed by atoms with Crippen LogP contribution in [0.2, 0.25) is 25.7 Å². The summed E-state index contributed by atoms with van der Waals surface area (Å²) in [6, 6.07) is 1.21. The zero-order valence-electron chi connectivity index (χ0n) is 11.1. The van der Waals surface area contributed by atoms with Crippen LogP contribution < -0.4 is 5.32 Å². The van der Waals surface area contributed by atoms with Gasteiger partial charge in [-0.3, -0.25) is 0 Å². The molecule has 0 unspecified atom stereocenters. The summed E-state index contributed by atoms with van der Waals surface area (Å²) in [6.45, 7) is 9.58. The minimum atomic E-state index is -0.978. The molecule has 96 valence electrons. The van der Waals surface area contributed by atoms with Crippen LogP contribution in [0, 0.1) is 0 Å². The van der Waals surface area contributed by atoms with E-state index in [1.165, 1.54) is 18.0 Å². The molecule has 1 aliphatic heterocycles. The Balaban J connectivity index is 1.81. The van der Waals surface area contributed by atoms with E-state index in [-0.39, 0.29) is 0 Å². The highest BCUT2D eigenvalue weighted by Gasteiger charge is 2.15. The molecule has 0 aliphatic carbocycles. The first-order valence-electron chi connectivity index (χ1n) is 6.42. The van der Waals surface area contributed by atoms with Crippen molar-refractivity contribution in [3.05, 3.63) is 11.8 Å². The van der Waals surface area contributed by atoms with E-state index in [1.807, 2.05) is 10.9 Å². The molecule has 1 aromatic heterocycles. The van der Waals surface area contributed by atoms with Crippen LogP contribution in [-0.2, 0) is 17.9 Å². The van der Waals surface area contributed by atoms with Crippen molar-refractivity contribution < 1.29 is 4.74 Å². The minimum absolute atomic E-state index is 0.576. The number of ether oxygens (including phenoxy) is 1. The Kier molecular flexibility index (Phi) is 3.88. The van der Waals surface area contributed by atoms with Gasteiger partial charge in [-0.25, -0.2) is 4.68 Å². The molecule has 1 aromatic rings. The Bertz CT molecular complexity index is 370. The molecule has 0 amide bonds. The topological polar surface area (TPSA) is 39.1 Å². The summed E-state index contributed by atoms with van der Waals surface area (Å²) in [5.41, 5.74) is 1.32. The van der Waals surface area contributed by atoms with Crippen molar-refractivity contribution in [1.29, 1.82) is 0 Å². The maximum Gasteiger partial charge on any atom is 0.141 e. The lowest BCUT2D eigenvalue weighted by Crippen LogP contribution is -2.22. The molecule has 2 heterocycles. The highest BCUT2D eigenvalue weighted by Crippen LogP contribution is 2.21. The first kappa shape index (κ1) is 12.6. The molecule has 0 saturated carbocycles. The average molecular weight is 253 g/mol. The summed E-state index contributed by atoms with van der Waals surface area (Å²) < 4.78 is 7.66. The summed E-state index contributed by atoms with van der Waals surface area (Å²) in [6.07, 6.45) is 4.30. The van der Waals surface area contributed by atoms with Gasteiger partial charge in [0, 0.05) is 26.8 Å². The summed E-state index contributed by atoms with van der Waals surface area (Å²) >= 11 is 0. The Morgan fingerprint density at radius 3 is 3.06 bits per heavy atom. The normalized spacial score (nSPS) is 15.5. The van der Waals surface area contributed by atoms with E-state index in [0.29, 0.717) is 6.73 Å². The van der Waals surface area contributed by atoms with Gasteiger partial charge in [-0.05, 0) is 18.9 Å². The van der Waals surface area contributed by atoms with Crippen LogP contribution in [0.3, 0.4) is 0 Å². The van der Waals surface area contributed by atoms with Gasteiger partial charge in [-0.1, -0.05) is 19.6 Å². The van der Waals surface area contributed by atoms with Gasteiger partial charge in [0.05, 0.1) is 6.20 Å². The van der Waals surface area contributed by atoms with Gasteiger partial charge >= 0.3 is 0 Å². The van der Waals surface area contributed by atoms with Crippen molar-refractivity contribution in [1.82, 2.24) is 9.78 Å².